The van der Waals surface area contributed by atoms with Crippen molar-refractivity contribution in [1.29, 1.82) is 0 Å². The normalized spacial score (nSPS) is 45.0. The lowest BCUT2D eigenvalue weighted by Gasteiger charge is -2.20. The zero-order valence-electron chi connectivity index (χ0n) is 4.89. The number of hydrogen-bond donors (Lipinski definition) is 1. The van der Waals surface area contributed by atoms with E-state index < -0.39 is 0 Å². The molecule has 0 aliphatic carbocycles. The second-order valence-corrected chi connectivity index (χ2v) is 2.68. The molecule has 2 aliphatic heterocycles. The molecule has 2 nitrogen and oxygen atoms in total. The highest BCUT2D eigenvalue weighted by Crippen LogP contribution is 2.16. The molecule has 0 aromatic heterocycles. The van der Waals surface area contributed by atoms with Crippen molar-refractivity contribution in [2.24, 2.45) is 0 Å². The van der Waals surface area contributed by atoms with E-state index in [0.29, 0.717) is 12.1 Å². The predicted octanol–water partition coefficient (Wildman–Crippen LogP) is 0.383. The Labute approximate surface area is 50.7 Å². The number of nitrogens with one attached hydrogen (secondary N) is 1. The Balaban J connectivity index is 0.000000405. The van der Waals surface area contributed by atoms with Gasteiger partial charge in [-0.05, 0) is 12.8 Å². The monoisotopic (exact) mass is 115 g/mol. The molecule has 1 N–H and O–H groups in total. The van der Waals surface area contributed by atoms with E-state index in [9.17, 15) is 0 Å². The molecule has 2 heterocycles. The second-order valence-electron chi connectivity index (χ2n) is 2.68. The van der Waals surface area contributed by atoms with E-state index in [1.54, 1.807) is 0 Å². The molecule has 2 aliphatic rings. The van der Waals surface area contributed by atoms with Gasteiger partial charge in [0.15, 0.2) is 0 Å². The lowest BCUT2D eigenvalue weighted by atomic mass is 10.2. The second kappa shape index (κ2) is 1.71. The van der Waals surface area contributed by atoms with E-state index in [4.69, 9.17) is 4.74 Å². The van der Waals surface area contributed by atoms with Crippen LogP contribution in [0.3, 0.4) is 0 Å². The summed E-state index contributed by atoms with van der Waals surface area (Å²) in [6.45, 7) is 1.88. The predicted molar refractivity (Wildman–Crippen MR) is 32.9 cm³/mol. The largest absolute Gasteiger partial charge is 0.378 e. The van der Waals surface area contributed by atoms with E-state index in [1.807, 2.05) is 0 Å². The first kappa shape index (κ1) is 4.77. The average Bonchev–Trinajstić information content (AvgIpc) is 2.12. The summed E-state index contributed by atoms with van der Waals surface area (Å²) in [5.74, 6) is 0. The Bertz CT molecular complexity index is 85.1. The van der Waals surface area contributed by atoms with Gasteiger partial charge in [0.1, 0.15) is 0 Å². The Morgan fingerprint density at radius 3 is 2.38 bits per heavy atom. The van der Waals surface area contributed by atoms with Crippen molar-refractivity contribution in [3.63, 3.8) is 0 Å². The van der Waals surface area contributed by atoms with Gasteiger partial charge in [0.25, 0.3) is 0 Å². The van der Waals surface area contributed by atoms with E-state index in [0.717, 1.165) is 13.2 Å². The third kappa shape index (κ3) is 0.644. The van der Waals surface area contributed by atoms with Gasteiger partial charge in [0, 0.05) is 13.5 Å². The first-order valence-electron chi connectivity index (χ1n) is 3.29. The maximum atomic E-state index is 5.29. The van der Waals surface area contributed by atoms with E-state index in [2.05, 4.69) is 5.32 Å². The maximum absolute atomic E-state index is 5.29. The highest BCUT2D eigenvalue weighted by atomic mass is 16.5. The zero-order chi connectivity index (χ0) is 5.40. The van der Waals surface area contributed by atoms with Crippen molar-refractivity contribution in [2.75, 3.05) is 13.2 Å². The molecule has 2 bridgehead atoms. The molecule has 0 aromatic carbocycles. The van der Waals surface area contributed by atoms with Crippen LogP contribution in [0, 0.1) is 0 Å². The quantitative estimate of drug-likeness (QED) is 0.493. The van der Waals surface area contributed by atoms with Crippen LogP contribution >= 0.6 is 0 Å². The lowest BCUT2D eigenvalue weighted by Crippen LogP contribution is -2.41. The van der Waals surface area contributed by atoms with Crippen LogP contribution in [0.2, 0.25) is 0 Å². The van der Waals surface area contributed by atoms with Crippen molar-refractivity contribution in [1.82, 2.24) is 5.32 Å². The van der Waals surface area contributed by atoms with Gasteiger partial charge < -0.3 is 10.1 Å². The van der Waals surface area contributed by atoms with E-state index in [1.165, 1.54) is 12.8 Å². The van der Waals surface area contributed by atoms with Crippen LogP contribution in [0.5, 0.6) is 0 Å². The molecule has 2 atom stereocenters. The maximum Gasteiger partial charge on any atom is 0.0620 e. The SMILES string of the molecule is C1CC2COCC1N2.[HH]. The Morgan fingerprint density at radius 2 is 1.88 bits per heavy atom. The highest BCUT2D eigenvalue weighted by Gasteiger charge is 2.27. The van der Waals surface area contributed by atoms with Crippen LogP contribution in [0.1, 0.15) is 14.3 Å². The molecular formula is C6H13NO. The molecule has 8 heavy (non-hydrogen) atoms. The van der Waals surface area contributed by atoms with Gasteiger partial charge in [-0.15, -0.1) is 0 Å². The van der Waals surface area contributed by atoms with Crippen LogP contribution in [0.25, 0.3) is 0 Å². The third-order valence-electron chi connectivity index (χ3n) is 1.97. The van der Waals surface area contributed by atoms with Crippen LogP contribution < -0.4 is 5.32 Å². The fourth-order valence-corrected chi connectivity index (χ4v) is 1.52. The average molecular weight is 115 g/mol. The Hall–Kier alpha value is -0.0800. The van der Waals surface area contributed by atoms with Crippen LogP contribution in [0.4, 0.5) is 0 Å². The molecule has 48 valence electrons. The molecule has 2 fully saturated rings. The summed E-state index contributed by atoms with van der Waals surface area (Å²) >= 11 is 0. The minimum atomic E-state index is 0. The molecule has 0 saturated carbocycles. The lowest BCUT2D eigenvalue weighted by molar-refractivity contribution is 0.0728. The van der Waals surface area contributed by atoms with Gasteiger partial charge in [-0.25, -0.2) is 0 Å². The first-order valence-corrected chi connectivity index (χ1v) is 3.29. The summed E-state index contributed by atoms with van der Waals surface area (Å²) in [6, 6.07) is 1.38. The summed E-state index contributed by atoms with van der Waals surface area (Å²) in [6.07, 6.45) is 2.65. The van der Waals surface area contributed by atoms with Crippen molar-refractivity contribution in [3.05, 3.63) is 0 Å². The highest BCUT2D eigenvalue weighted by molar-refractivity contribution is 4.86. The van der Waals surface area contributed by atoms with E-state index >= 15 is 0 Å². The Kier molecular flexibility index (Phi) is 1.02. The van der Waals surface area contributed by atoms with Gasteiger partial charge >= 0.3 is 0 Å². The number of ether oxygens (including phenoxy) is 1. The summed E-state index contributed by atoms with van der Waals surface area (Å²) in [4.78, 5) is 0. The minimum absolute atomic E-state index is 0. The molecular weight excluding hydrogens is 102 g/mol. The minimum Gasteiger partial charge on any atom is -0.378 e. The van der Waals surface area contributed by atoms with Gasteiger partial charge in [0.2, 0.25) is 0 Å². The van der Waals surface area contributed by atoms with Crippen molar-refractivity contribution in [3.8, 4) is 0 Å². The summed E-state index contributed by atoms with van der Waals surface area (Å²) in [5.41, 5.74) is 0. The molecule has 2 heteroatoms. The van der Waals surface area contributed by atoms with Crippen LogP contribution in [-0.4, -0.2) is 25.3 Å². The van der Waals surface area contributed by atoms with Gasteiger partial charge in [-0.2, -0.15) is 0 Å². The Morgan fingerprint density at radius 1 is 1.25 bits per heavy atom. The van der Waals surface area contributed by atoms with Gasteiger partial charge in [0.05, 0.1) is 13.2 Å². The fourth-order valence-electron chi connectivity index (χ4n) is 1.52. The summed E-state index contributed by atoms with van der Waals surface area (Å²) in [7, 11) is 0. The molecule has 2 rings (SSSR count). The standard InChI is InChI=1S/C6H11NO.H2/c1-2-6-4-8-3-5(1)7-6;/h5-7H,1-4H2;1H. The van der Waals surface area contributed by atoms with Gasteiger partial charge in [-0.3, -0.25) is 0 Å². The molecule has 0 spiro atoms. The van der Waals surface area contributed by atoms with Crippen molar-refractivity contribution >= 4 is 0 Å². The summed E-state index contributed by atoms with van der Waals surface area (Å²) < 4.78 is 5.29. The topological polar surface area (TPSA) is 21.3 Å². The molecule has 0 amide bonds. The smallest absolute Gasteiger partial charge is 0.0620 e. The number of hydrogen-bond acceptors (Lipinski definition) is 2. The first-order chi connectivity index (χ1) is 3.95. The molecule has 0 aromatic rings. The van der Waals surface area contributed by atoms with Crippen LogP contribution in [0.15, 0.2) is 0 Å². The number of fused-ring (bicyclic) bond motifs is 2. The molecule has 2 unspecified atom stereocenters. The number of morpholine rings is 1. The molecule has 2 saturated heterocycles. The zero-order valence-corrected chi connectivity index (χ0v) is 4.89. The third-order valence-corrected chi connectivity index (χ3v) is 1.97. The van der Waals surface area contributed by atoms with E-state index in [-0.39, 0.29) is 1.43 Å². The summed E-state index contributed by atoms with van der Waals surface area (Å²) in [5, 5.41) is 3.47. The van der Waals surface area contributed by atoms with Crippen molar-refractivity contribution < 1.29 is 6.16 Å². The van der Waals surface area contributed by atoms with Crippen LogP contribution in [-0.2, 0) is 4.74 Å². The molecule has 0 radical (unpaired) electrons. The van der Waals surface area contributed by atoms with Crippen molar-refractivity contribution in [2.45, 2.75) is 24.9 Å². The van der Waals surface area contributed by atoms with Gasteiger partial charge in [-0.1, -0.05) is 0 Å². The number of rotatable bonds is 0. The fraction of sp³-hybridized carbons (Fsp3) is 1.00.